The zero-order valence-corrected chi connectivity index (χ0v) is 19.7. The molecule has 2 N–H and O–H groups in total. The van der Waals surface area contributed by atoms with Gasteiger partial charge in [0.1, 0.15) is 18.9 Å². The van der Waals surface area contributed by atoms with Gasteiger partial charge in [-0.1, -0.05) is 55.5 Å². The Hall–Kier alpha value is -4.07. The maximum absolute atomic E-state index is 12.7. The number of alkyl carbamates (subject to hydrolysis) is 1. The molecule has 1 unspecified atom stereocenters. The third-order valence-electron chi connectivity index (χ3n) is 6.31. The number of nitrogens with zero attached hydrogens (tertiary/aromatic N) is 1. The van der Waals surface area contributed by atoms with E-state index in [0.29, 0.717) is 12.2 Å². The van der Waals surface area contributed by atoms with Gasteiger partial charge in [-0.15, -0.1) is 0 Å². The van der Waals surface area contributed by atoms with Crippen molar-refractivity contribution in [3.63, 3.8) is 0 Å². The van der Waals surface area contributed by atoms with Gasteiger partial charge >= 0.3 is 12.1 Å². The van der Waals surface area contributed by atoms with Crippen LogP contribution in [0.5, 0.6) is 0 Å². The van der Waals surface area contributed by atoms with Crippen molar-refractivity contribution in [2.75, 3.05) is 13.2 Å². The molecule has 0 aliphatic heterocycles. The van der Waals surface area contributed by atoms with Crippen LogP contribution in [0.15, 0.2) is 65.1 Å². The highest BCUT2D eigenvalue weighted by molar-refractivity contribution is 5.93. The predicted molar refractivity (Wildman–Crippen MR) is 129 cm³/mol. The summed E-state index contributed by atoms with van der Waals surface area (Å²) >= 11 is 0. The highest BCUT2D eigenvalue weighted by atomic mass is 16.5. The number of carbonyl (C=O) groups is 3. The Balaban J connectivity index is 1.34. The molecule has 1 aromatic heterocycles. The van der Waals surface area contributed by atoms with Crippen LogP contribution < -0.4 is 5.32 Å². The van der Waals surface area contributed by atoms with Gasteiger partial charge in [0.2, 0.25) is 0 Å². The maximum atomic E-state index is 12.7. The molecule has 1 heterocycles. The van der Waals surface area contributed by atoms with E-state index in [1.807, 2.05) is 31.2 Å². The molecule has 0 radical (unpaired) electrons. The molecule has 0 saturated heterocycles. The normalized spacial score (nSPS) is 13.0. The van der Waals surface area contributed by atoms with Crippen LogP contribution in [0.3, 0.4) is 0 Å². The van der Waals surface area contributed by atoms with Gasteiger partial charge in [-0.25, -0.2) is 4.79 Å². The molecule has 0 bridgehead atoms. The van der Waals surface area contributed by atoms with Gasteiger partial charge in [-0.3, -0.25) is 9.59 Å². The number of rotatable bonds is 9. The van der Waals surface area contributed by atoms with E-state index in [2.05, 4.69) is 29.6 Å². The molecular formula is C27H28N2O6. The SMILES string of the molecule is CCC(C)N(CC(=O)O)C(=O)c1ccc(CNC(=O)OCC2c3ccccc3-c3ccccc32)o1. The largest absolute Gasteiger partial charge is 0.480 e. The Morgan fingerprint density at radius 2 is 1.66 bits per heavy atom. The second-order valence-corrected chi connectivity index (χ2v) is 8.53. The number of carboxylic acid groups (broad SMARTS) is 1. The maximum Gasteiger partial charge on any atom is 0.407 e. The summed E-state index contributed by atoms with van der Waals surface area (Å²) in [6.07, 6.45) is 0.0129. The fraction of sp³-hybridized carbons (Fsp3) is 0.296. The van der Waals surface area contributed by atoms with E-state index < -0.39 is 24.5 Å². The fourth-order valence-electron chi connectivity index (χ4n) is 4.33. The van der Waals surface area contributed by atoms with Crippen molar-refractivity contribution in [1.29, 1.82) is 0 Å². The summed E-state index contributed by atoms with van der Waals surface area (Å²) in [4.78, 5) is 37.5. The van der Waals surface area contributed by atoms with Gasteiger partial charge in [-0.2, -0.15) is 0 Å². The third kappa shape index (κ3) is 5.21. The van der Waals surface area contributed by atoms with Crippen molar-refractivity contribution < 1.29 is 28.6 Å². The van der Waals surface area contributed by atoms with Crippen molar-refractivity contribution >= 4 is 18.0 Å². The average Bonchev–Trinajstić information content (AvgIpc) is 3.47. The number of furan rings is 1. The summed E-state index contributed by atoms with van der Waals surface area (Å²) < 4.78 is 11.1. The molecule has 0 saturated carbocycles. The zero-order valence-electron chi connectivity index (χ0n) is 19.7. The quantitative estimate of drug-likeness (QED) is 0.466. The number of hydrogen-bond acceptors (Lipinski definition) is 5. The number of fused-ring (bicyclic) bond motifs is 3. The lowest BCUT2D eigenvalue weighted by Crippen LogP contribution is -2.41. The van der Waals surface area contributed by atoms with Crippen LogP contribution in [0.2, 0.25) is 0 Å². The van der Waals surface area contributed by atoms with Gasteiger partial charge in [0.05, 0.1) is 6.54 Å². The van der Waals surface area contributed by atoms with Crippen molar-refractivity contribution in [3.05, 3.63) is 83.3 Å². The third-order valence-corrected chi connectivity index (χ3v) is 6.31. The average molecular weight is 477 g/mol. The summed E-state index contributed by atoms with van der Waals surface area (Å²) in [5, 5.41) is 11.8. The molecule has 1 aliphatic rings. The second kappa shape index (κ2) is 10.5. The van der Waals surface area contributed by atoms with Crippen LogP contribution in [-0.2, 0) is 16.1 Å². The highest BCUT2D eigenvalue weighted by Crippen LogP contribution is 2.44. The lowest BCUT2D eigenvalue weighted by Gasteiger charge is -2.25. The lowest BCUT2D eigenvalue weighted by molar-refractivity contribution is -0.138. The number of aliphatic carboxylic acids is 1. The number of ether oxygens (including phenoxy) is 1. The number of benzene rings is 2. The molecule has 182 valence electrons. The van der Waals surface area contributed by atoms with Gasteiger partial charge in [0, 0.05) is 12.0 Å². The summed E-state index contributed by atoms with van der Waals surface area (Å²) in [6.45, 7) is 3.47. The molecule has 35 heavy (non-hydrogen) atoms. The smallest absolute Gasteiger partial charge is 0.407 e. The van der Waals surface area contributed by atoms with E-state index in [-0.39, 0.29) is 30.9 Å². The van der Waals surface area contributed by atoms with Gasteiger partial charge in [-0.05, 0) is 47.7 Å². The molecule has 8 heteroatoms. The lowest BCUT2D eigenvalue weighted by atomic mass is 9.98. The number of hydrogen-bond donors (Lipinski definition) is 2. The van der Waals surface area contributed by atoms with E-state index in [0.717, 1.165) is 22.3 Å². The molecule has 1 aliphatic carbocycles. The van der Waals surface area contributed by atoms with Gasteiger partial charge < -0.3 is 24.5 Å². The van der Waals surface area contributed by atoms with Crippen LogP contribution in [0.1, 0.15) is 53.6 Å². The van der Waals surface area contributed by atoms with Gasteiger partial charge in [0.25, 0.3) is 5.91 Å². The Morgan fingerprint density at radius 1 is 1.03 bits per heavy atom. The van der Waals surface area contributed by atoms with Crippen LogP contribution in [-0.4, -0.2) is 47.2 Å². The molecule has 0 fully saturated rings. The molecule has 8 nitrogen and oxygen atoms in total. The Bertz CT molecular complexity index is 1190. The minimum Gasteiger partial charge on any atom is -0.480 e. The number of nitrogens with one attached hydrogen (secondary N) is 1. The number of amides is 2. The predicted octanol–water partition coefficient (Wildman–Crippen LogP) is 4.64. The van der Waals surface area contributed by atoms with Gasteiger partial charge in [0.15, 0.2) is 5.76 Å². The first-order valence-corrected chi connectivity index (χ1v) is 11.6. The number of carbonyl (C=O) groups excluding carboxylic acids is 2. The number of carboxylic acids is 1. The summed E-state index contributed by atoms with van der Waals surface area (Å²) in [7, 11) is 0. The van der Waals surface area contributed by atoms with E-state index in [4.69, 9.17) is 14.3 Å². The first-order chi connectivity index (χ1) is 16.9. The summed E-state index contributed by atoms with van der Waals surface area (Å²) in [6, 6.07) is 19.0. The van der Waals surface area contributed by atoms with Crippen LogP contribution in [0.4, 0.5) is 4.79 Å². The molecule has 0 spiro atoms. The van der Waals surface area contributed by atoms with Crippen molar-refractivity contribution in [1.82, 2.24) is 10.2 Å². The van der Waals surface area contributed by atoms with E-state index in [9.17, 15) is 14.4 Å². The Morgan fingerprint density at radius 3 is 2.26 bits per heavy atom. The highest BCUT2D eigenvalue weighted by Gasteiger charge is 2.29. The topological polar surface area (TPSA) is 109 Å². The molecule has 1 atom stereocenters. The fourth-order valence-corrected chi connectivity index (χ4v) is 4.33. The first kappa shape index (κ1) is 24.1. The summed E-state index contributed by atoms with van der Waals surface area (Å²) in [5.74, 6) is -1.25. The van der Waals surface area contributed by atoms with E-state index in [1.165, 1.54) is 11.0 Å². The van der Waals surface area contributed by atoms with E-state index >= 15 is 0 Å². The Kier molecular flexibility index (Phi) is 7.19. The van der Waals surface area contributed by atoms with E-state index in [1.54, 1.807) is 13.0 Å². The van der Waals surface area contributed by atoms with Crippen LogP contribution in [0, 0.1) is 0 Å². The molecular weight excluding hydrogens is 448 g/mol. The first-order valence-electron chi connectivity index (χ1n) is 11.6. The standard InChI is InChI=1S/C27H28N2O6/c1-3-17(2)29(15-25(30)31)26(32)24-13-12-18(35-24)14-28-27(33)34-16-23-21-10-6-4-8-19(21)20-9-5-7-11-22(20)23/h4-13,17,23H,3,14-16H2,1-2H3,(H,28,33)(H,30,31). The monoisotopic (exact) mass is 476 g/mol. The van der Waals surface area contributed by atoms with Crippen LogP contribution >= 0.6 is 0 Å². The van der Waals surface area contributed by atoms with Crippen molar-refractivity contribution in [2.24, 2.45) is 0 Å². The minimum atomic E-state index is -1.10. The van der Waals surface area contributed by atoms with Crippen molar-refractivity contribution in [3.8, 4) is 11.1 Å². The molecule has 2 amide bonds. The summed E-state index contributed by atoms with van der Waals surface area (Å²) in [5.41, 5.74) is 4.56. The molecule has 4 rings (SSSR count). The zero-order chi connectivity index (χ0) is 24.9. The molecule has 2 aromatic carbocycles. The Labute approximate surface area is 203 Å². The second-order valence-electron chi connectivity index (χ2n) is 8.53. The minimum absolute atomic E-state index is 0.0240. The van der Waals surface area contributed by atoms with Crippen molar-refractivity contribution in [2.45, 2.75) is 38.8 Å². The molecule has 3 aromatic rings. The van der Waals surface area contributed by atoms with Crippen LogP contribution in [0.25, 0.3) is 11.1 Å².